The van der Waals surface area contributed by atoms with Gasteiger partial charge in [0.15, 0.2) is 0 Å². The zero-order valence-corrected chi connectivity index (χ0v) is 12.8. The fraction of sp³-hybridized carbons (Fsp3) is 0.733. The van der Waals surface area contributed by atoms with Gasteiger partial charge >= 0.3 is 5.97 Å². The number of carboxylic acid groups (broad SMARTS) is 1. The Kier molecular flexibility index (Phi) is 5.63. The van der Waals surface area contributed by atoms with Crippen LogP contribution >= 0.6 is 0 Å². The summed E-state index contributed by atoms with van der Waals surface area (Å²) in [6.07, 6.45) is 1.86. The van der Waals surface area contributed by atoms with Gasteiger partial charge in [0.25, 0.3) is 0 Å². The molecule has 2 atom stereocenters. The molecule has 1 N–H and O–H groups in total. The van der Waals surface area contributed by atoms with E-state index >= 15 is 0 Å². The largest absolute Gasteiger partial charge is 0.481 e. The van der Waals surface area contributed by atoms with E-state index in [1.54, 1.807) is 0 Å². The van der Waals surface area contributed by atoms with Crippen molar-refractivity contribution in [1.82, 2.24) is 4.90 Å². The zero-order chi connectivity index (χ0) is 16.2. The molecule has 0 aromatic rings. The number of hydrogen-bond acceptors (Lipinski definition) is 4. The van der Waals surface area contributed by atoms with Crippen LogP contribution in [0.2, 0.25) is 0 Å². The first-order chi connectivity index (χ1) is 9.80. The minimum Gasteiger partial charge on any atom is -0.481 e. The van der Waals surface area contributed by atoms with Gasteiger partial charge in [0.05, 0.1) is 12.0 Å². The maximum Gasteiger partial charge on any atom is 0.303 e. The molecule has 1 aliphatic heterocycles. The Balaban J connectivity index is 2.94. The van der Waals surface area contributed by atoms with Gasteiger partial charge < -0.3 is 9.90 Å². The van der Waals surface area contributed by atoms with E-state index in [0.29, 0.717) is 6.29 Å². The molecule has 1 aliphatic rings. The molecule has 6 heteroatoms. The lowest BCUT2D eigenvalue weighted by atomic mass is 9.72. The summed E-state index contributed by atoms with van der Waals surface area (Å²) in [5.41, 5.74) is -0.276. The Morgan fingerprint density at radius 2 is 2.00 bits per heavy atom. The second-order valence-electron chi connectivity index (χ2n) is 5.86. The summed E-state index contributed by atoms with van der Waals surface area (Å²) in [5.74, 6) is -2.19. The van der Waals surface area contributed by atoms with Crippen molar-refractivity contribution in [3.8, 4) is 0 Å². The molecule has 0 spiro atoms. The molecule has 6 nitrogen and oxygen atoms in total. The number of carbonyl (C=O) groups is 4. The molecule has 1 heterocycles. The summed E-state index contributed by atoms with van der Waals surface area (Å²) in [6.45, 7) is 5.93. The molecule has 118 valence electrons. The first-order valence-corrected chi connectivity index (χ1v) is 7.33. The Bertz CT molecular complexity index is 441. The van der Waals surface area contributed by atoms with E-state index in [-0.39, 0.29) is 36.5 Å². The van der Waals surface area contributed by atoms with E-state index in [1.807, 2.05) is 20.8 Å². The van der Waals surface area contributed by atoms with Crippen LogP contribution in [-0.2, 0) is 19.2 Å². The predicted octanol–water partition coefficient (Wildman–Crippen LogP) is 1.62. The number of hydrogen-bond donors (Lipinski definition) is 1. The van der Waals surface area contributed by atoms with E-state index in [9.17, 15) is 19.2 Å². The summed E-state index contributed by atoms with van der Waals surface area (Å²) in [6, 6.07) is -0.968. The Labute approximate surface area is 124 Å². The smallest absolute Gasteiger partial charge is 0.303 e. The van der Waals surface area contributed by atoms with Crippen LogP contribution in [0.3, 0.4) is 0 Å². The Morgan fingerprint density at radius 1 is 1.43 bits per heavy atom. The Morgan fingerprint density at radius 3 is 2.43 bits per heavy atom. The van der Waals surface area contributed by atoms with Crippen molar-refractivity contribution in [3.05, 3.63) is 0 Å². The van der Waals surface area contributed by atoms with Gasteiger partial charge in [0, 0.05) is 12.8 Å². The van der Waals surface area contributed by atoms with Gasteiger partial charge in [-0.05, 0) is 24.7 Å². The maximum atomic E-state index is 12.5. The highest BCUT2D eigenvalue weighted by atomic mass is 16.4. The van der Waals surface area contributed by atoms with Gasteiger partial charge in [-0.15, -0.1) is 0 Å². The highest BCUT2D eigenvalue weighted by Crippen LogP contribution is 2.42. The normalized spacial score (nSPS) is 20.7. The number of amides is 2. The van der Waals surface area contributed by atoms with Crippen LogP contribution < -0.4 is 0 Å². The third kappa shape index (κ3) is 3.49. The van der Waals surface area contributed by atoms with Crippen molar-refractivity contribution in [2.45, 2.75) is 58.9 Å². The van der Waals surface area contributed by atoms with Crippen molar-refractivity contribution in [2.75, 3.05) is 0 Å². The molecule has 21 heavy (non-hydrogen) atoms. The Hall–Kier alpha value is -1.72. The number of likely N-dealkylation sites (tertiary alicyclic amines) is 1. The summed E-state index contributed by atoms with van der Waals surface area (Å²) >= 11 is 0. The molecule has 1 fully saturated rings. The molecule has 0 bridgehead atoms. The first-order valence-electron chi connectivity index (χ1n) is 7.33. The molecule has 0 aromatic heterocycles. The average Bonchev–Trinajstić information content (AvgIpc) is 2.75. The van der Waals surface area contributed by atoms with Crippen molar-refractivity contribution in [1.29, 1.82) is 0 Å². The predicted molar refractivity (Wildman–Crippen MR) is 75.4 cm³/mol. The van der Waals surface area contributed by atoms with Crippen molar-refractivity contribution < 1.29 is 24.3 Å². The van der Waals surface area contributed by atoms with E-state index < -0.39 is 17.9 Å². The van der Waals surface area contributed by atoms with Gasteiger partial charge in [-0.1, -0.05) is 20.8 Å². The molecule has 0 saturated carbocycles. The second-order valence-corrected chi connectivity index (χ2v) is 5.86. The highest BCUT2D eigenvalue weighted by Gasteiger charge is 2.49. The number of nitrogens with zero attached hydrogens (tertiary/aromatic N) is 1. The lowest BCUT2D eigenvalue weighted by Crippen LogP contribution is -2.43. The average molecular weight is 297 g/mol. The van der Waals surface area contributed by atoms with E-state index in [2.05, 4.69) is 0 Å². The van der Waals surface area contributed by atoms with E-state index in [4.69, 9.17) is 5.11 Å². The van der Waals surface area contributed by atoms with Crippen LogP contribution in [0.5, 0.6) is 0 Å². The van der Waals surface area contributed by atoms with Gasteiger partial charge in [-0.25, -0.2) is 0 Å². The third-order valence-electron chi connectivity index (χ3n) is 4.78. The minimum atomic E-state index is -1.05. The van der Waals surface area contributed by atoms with Gasteiger partial charge in [-0.3, -0.25) is 19.3 Å². The summed E-state index contributed by atoms with van der Waals surface area (Å²) < 4.78 is 0. The molecule has 2 amide bonds. The summed E-state index contributed by atoms with van der Waals surface area (Å²) in [7, 11) is 0. The monoisotopic (exact) mass is 297 g/mol. The lowest BCUT2D eigenvalue weighted by Gasteiger charge is -2.32. The fourth-order valence-corrected chi connectivity index (χ4v) is 2.82. The van der Waals surface area contributed by atoms with Crippen LogP contribution in [-0.4, -0.2) is 40.1 Å². The SMILES string of the molecule is CCC(C)(CC)C1CC(=O)N([C@H](C=O)CCC(=O)O)C1=O. The van der Waals surface area contributed by atoms with Crippen LogP contribution in [0, 0.1) is 11.3 Å². The standard InChI is InChI=1S/C15H23NO5/c1-4-15(3,5-2)11-8-12(18)16(14(11)21)10(9-17)6-7-13(19)20/h9-11H,4-8H2,1-3H3,(H,19,20)/t10-,11?/m0/s1. The molecule has 0 aromatic carbocycles. The molecule has 0 radical (unpaired) electrons. The third-order valence-corrected chi connectivity index (χ3v) is 4.78. The van der Waals surface area contributed by atoms with Crippen molar-refractivity contribution >= 4 is 24.1 Å². The van der Waals surface area contributed by atoms with Gasteiger partial charge in [0.1, 0.15) is 6.29 Å². The fourth-order valence-electron chi connectivity index (χ4n) is 2.82. The molecule has 1 rings (SSSR count). The number of rotatable bonds is 8. The van der Waals surface area contributed by atoms with Crippen LogP contribution in [0.4, 0.5) is 0 Å². The number of carbonyl (C=O) groups excluding carboxylic acids is 3. The molecular weight excluding hydrogens is 274 g/mol. The molecule has 1 saturated heterocycles. The van der Waals surface area contributed by atoms with Crippen LogP contribution in [0.1, 0.15) is 52.9 Å². The summed E-state index contributed by atoms with van der Waals surface area (Å²) in [4.78, 5) is 47.4. The number of aldehydes is 1. The van der Waals surface area contributed by atoms with Crippen LogP contribution in [0.25, 0.3) is 0 Å². The topological polar surface area (TPSA) is 91.8 Å². The van der Waals surface area contributed by atoms with Crippen LogP contribution in [0.15, 0.2) is 0 Å². The number of aliphatic carboxylic acids is 1. The number of imide groups is 1. The van der Waals surface area contributed by atoms with Crippen molar-refractivity contribution in [2.24, 2.45) is 11.3 Å². The maximum absolute atomic E-state index is 12.5. The summed E-state index contributed by atoms with van der Waals surface area (Å²) in [5, 5.41) is 8.69. The number of carboxylic acids is 1. The molecule has 1 unspecified atom stereocenters. The van der Waals surface area contributed by atoms with Gasteiger partial charge in [-0.2, -0.15) is 0 Å². The lowest BCUT2D eigenvalue weighted by molar-refractivity contribution is -0.147. The first kappa shape index (κ1) is 17.3. The minimum absolute atomic E-state index is 0.0298. The quantitative estimate of drug-likeness (QED) is 0.543. The van der Waals surface area contributed by atoms with Crippen molar-refractivity contribution in [3.63, 3.8) is 0 Å². The second kappa shape index (κ2) is 6.83. The highest BCUT2D eigenvalue weighted by molar-refractivity contribution is 6.05. The molecule has 0 aliphatic carbocycles. The van der Waals surface area contributed by atoms with E-state index in [1.165, 1.54) is 0 Å². The van der Waals surface area contributed by atoms with E-state index in [0.717, 1.165) is 17.7 Å². The zero-order valence-electron chi connectivity index (χ0n) is 12.8. The molecular formula is C15H23NO5. The van der Waals surface area contributed by atoms with Gasteiger partial charge in [0.2, 0.25) is 11.8 Å².